The van der Waals surface area contributed by atoms with Crippen LogP contribution in [0.3, 0.4) is 0 Å². The zero-order valence-electron chi connectivity index (χ0n) is 11.6. The summed E-state index contributed by atoms with van der Waals surface area (Å²) >= 11 is 0. The van der Waals surface area contributed by atoms with E-state index in [4.69, 9.17) is 4.74 Å². The molecule has 0 saturated carbocycles. The summed E-state index contributed by atoms with van der Waals surface area (Å²) in [6.07, 6.45) is 2.07. The van der Waals surface area contributed by atoms with Crippen molar-refractivity contribution in [2.24, 2.45) is 0 Å². The Hall–Kier alpha value is -1.96. The van der Waals surface area contributed by atoms with Crippen LogP contribution in [0.1, 0.15) is 18.1 Å². The van der Waals surface area contributed by atoms with Crippen LogP contribution in [0, 0.1) is 0 Å². The van der Waals surface area contributed by atoms with E-state index in [9.17, 15) is 0 Å². The zero-order valence-corrected chi connectivity index (χ0v) is 11.6. The molecule has 0 bridgehead atoms. The van der Waals surface area contributed by atoms with Crippen molar-refractivity contribution in [2.75, 3.05) is 19.0 Å². The number of anilines is 1. The lowest BCUT2D eigenvalue weighted by molar-refractivity contribution is 0.414. The van der Waals surface area contributed by atoms with Crippen molar-refractivity contribution in [1.29, 1.82) is 0 Å². The average molecular weight is 255 g/mol. The fourth-order valence-corrected chi connectivity index (χ4v) is 2.20. The summed E-state index contributed by atoms with van der Waals surface area (Å²) < 4.78 is 5.27. The Balaban J connectivity index is 1.96. The molecule has 0 radical (unpaired) electrons. The third kappa shape index (κ3) is 3.75. The van der Waals surface area contributed by atoms with Gasteiger partial charge in [-0.3, -0.25) is 0 Å². The SMILES string of the molecule is CCc1cc(OC)ccc1CCNc1ccccc1. The quantitative estimate of drug-likeness (QED) is 0.845. The minimum atomic E-state index is 0.941. The number of para-hydroxylation sites is 1. The first kappa shape index (κ1) is 13.5. The van der Waals surface area contributed by atoms with Gasteiger partial charge in [0.2, 0.25) is 0 Å². The molecule has 0 atom stereocenters. The molecule has 0 aromatic heterocycles. The average Bonchev–Trinajstić information content (AvgIpc) is 2.48. The summed E-state index contributed by atoms with van der Waals surface area (Å²) in [5.41, 5.74) is 3.94. The highest BCUT2D eigenvalue weighted by molar-refractivity contribution is 5.43. The molecular formula is C17H21NO. The van der Waals surface area contributed by atoms with Crippen LogP contribution in [-0.4, -0.2) is 13.7 Å². The first-order valence-corrected chi connectivity index (χ1v) is 6.78. The lowest BCUT2D eigenvalue weighted by atomic mass is 10.0. The van der Waals surface area contributed by atoms with Crippen molar-refractivity contribution in [2.45, 2.75) is 19.8 Å². The van der Waals surface area contributed by atoms with Gasteiger partial charge in [-0.15, -0.1) is 0 Å². The fraction of sp³-hybridized carbons (Fsp3) is 0.294. The Morgan fingerprint density at radius 2 is 1.79 bits per heavy atom. The minimum Gasteiger partial charge on any atom is -0.497 e. The highest BCUT2D eigenvalue weighted by Gasteiger charge is 2.02. The lowest BCUT2D eigenvalue weighted by Crippen LogP contribution is -2.06. The van der Waals surface area contributed by atoms with E-state index in [2.05, 4.69) is 36.5 Å². The van der Waals surface area contributed by atoms with E-state index in [1.54, 1.807) is 7.11 Å². The second kappa shape index (κ2) is 6.83. The summed E-state index contributed by atoms with van der Waals surface area (Å²) in [6.45, 7) is 3.13. The predicted octanol–water partition coefficient (Wildman–Crippen LogP) is 3.91. The second-order valence-corrected chi connectivity index (χ2v) is 4.53. The third-order valence-electron chi connectivity index (χ3n) is 3.29. The van der Waals surface area contributed by atoms with Gasteiger partial charge in [0, 0.05) is 12.2 Å². The molecule has 2 nitrogen and oxygen atoms in total. The van der Waals surface area contributed by atoms with Crippen LogP contribution in [0.25, 0.3) is 0 Å². The van der Waals surface area contributed by atoms with E-state index in [0.717, 1.165) is 25.1 Å². The molecule has 2 aromatic carbocycles. The van der Waals surface area contributed by atoms with Crippen molar-refractivity contribution in [3.05, 3.63) is 59.7 Å². The van der Waals surface area contributed by atoms with E-state index < -0.39 is 0 Å². The maximum atomic E-state index is 5.27. The van der Waals surface area contributed by atoms with Crippen LogP contribution >= 0.6 is 0 Å². The number of hydrogen-bond acceptors (Lipinski definition) is 2. The van der Waals surface area contributed by atoms with Crippen LogP contribution in [0.5, 0.6) is 5.75 Å². The standard InChI is InChI=1S/C17H21NO/c1-3-14-13-17(19-2)10-9-15(14)11-12-18-16-7-5-4-6-8-16/h4-10,13,18H,3,11-12H2,1-2H3. The lowest BCUT2D eigenvalue weighted by Gasteiger charge is -2.11. The summed E-state index contributed by atoms with van der Waals surface area (Å²) in [5.74, 6) is 0.941. The summed E-state index contributed by atoms with van der Waals surface area (Å²) in [4.78, 5) is 0. The van der Waals surface area contributed by atoms with Crippen LogP contribution in [0.15, 0.2) is 48.5 Å². The molecule has 0 fully saturated rings. The number of nitrogens with one attached hydrogen (secondary N) is 1. The monoisotopic (exact) mass is 255 g/mol. The number of hydrogen-bond donors (Lipinski definition) is 1. The Kier molecular flexibility index (Phi) is 4.85. The Labute approximate surface area is 115 Å². The Morgan fingerprint density at radius 3 is 2.47 bits per heavy atom. The van der Waals surface area contributed by atoms with Crippen molar-refractivity contribution < 1.29 is 4.74 Å². The number of benzene rings is 2. The highest BCUT2D eigenvalue weighted by Crippen LogP contribution is 2.19. The van der Waals surface area contributed by atoms with Gasteiger partial charge < -0.3 is 10.1 Å². The molecule has 2 heteroatoms. The van der Waals surface area contributed by atoms with Gasteiger partial charge in [-0.05, 0) is 48.2 Å². The van der Waals surface area contributed by atoms with Gasteiger partial charge >= 0.3 is 0 Å². The normalized spacial score (nSPS) is 10.2. The van der Waals surface area contributed by atoms with E-state index in [-0.39, 0.29) is 0 Å². The zero-order chi connectivity index (χ0) is 13.5. The molecule has 0 spiro atoms. The van der Waals surface area contributed by atoms with E-state index in [1.165, 1.54) is 16.8 Å². The first-order valence-electron chi connectivity index (χ1n) is 6.78. The predicted molar refractivity (Wildman–Crippen MR) is 81.0 cm³/mol. The fourth-order valence-electron chi connectivity index (χ4n) is 2.20. The molecule has 19 heavy (non-hydrogen) atoms. The van der Waals surface area contributed by atoms with E-state index in [0.29, 0.717) is 0 Å². The molecule has 0 aliphatic carbocycles. The summed E-state index contributed by atoms with van der Waals surface area (Å²) in [7, 11) is 1.71. The van der Waals surface area contributed by atoms with Gasteiger partial charge in [0.15, 0.2) is 0 Å². The molecule has 0 aliphatic heterocycles. The summed E-state index contributed by atoms with van der Waals surface area (Å²) in [5, 5.41) is 3.44. The molecule has 0 saturated heterocycles. The van der Waals surface area contributed by atoms with Crippen molar-refractivity contribution in [1.82, 2.24) is 0 Å². The number of ether oxygens (including phenoxy) is 1. The molecule has 0 unspecified atom stereocenters. The van der Waals surface area contributed by atoms with Crippen LogP contribution < -0.4 is 10.1 Å². The Morgan fingerprint density at radius 1 is 1.00 bits per heavy atom. The van der Waals surface area contributed by atoms with E-state index in [1.807, 2.05) is 24.3 Å². The second-order valence-electron chi connectivity index (χ2n) is 4.53. The topological polar surface area (TPSA) is 21.3 Å². The van der Waals surface area contributed by atoms with Gasteiger partial charge in [0.05, 0.1) is 7.11 Å². The highest BCUT2D eigenvalue weighted by atomic mass is 16.5. The van der Waals surface area contributed by atoms with Crippen LogP contribution in [0.2, 0.25) is 0 Å². The number of rotatable bonds is 6. The van der Waals surface area contributed by atoms with Crippen molar-refractivity contribution >= 4 is 5.69 Å². The molecule has 0 heterocycles. The molecule has 2 aromatic rings. The molecular weight excluding hydrogens is 234 g/mol. The molecule has 2 rings (SSSR count). The number of aryl methyl sites for hydroxylation is 1. The molecule has 0 amide bonds. The largest absolute Gasteiger partial charge is 0.497 e. The van der Waals surface area contributed by atoms with Gasteiger partial charge in [-0.25, -0.2) is 0 Å². The maximum absolute atomic E-state index is 5.27. The molecule has 1 N–H and O–H groups in total. The van der Waals surface area contributed by atoms with Crippen molar-refractivity contribution in [3.8, 4) is 5.75 Å². The van der Waals surface area contributed by atoms with Gasteiger partial charge in [0.1, 0.15) is 5.75 Å². The third-order valence-corrected chi connectivity index (χ3v) is 3.29. The van der Waals surface area contributed by atoms with Crippen molar-refractivity contribution in [3.63, 3.8) is 0 Å². The van der Waals surface area contributed by atoms with Gasteiger partial charge in [-0.2, -0.15) is 0 Å². The smallest absolute Gasteiger partial charge is 0.119 e. The maximum Gasteiger partial charge on any atom is 0.119 e. The van der Waals surface area contributed by atoms with Gasteiger partial charge in [-0.1, -0.05) is 31.2 Å². The summed E-state index contributed by atoms with van der Waals surface area (Å²) in [6, 6.07) is 16.7. The molecule has 100 valence electrons. The first-order chi connectivity index (χ1) is 9.33. The Bertz CT molecular complexity index is 508. The number of methoxy groups -OCH3 is 1. The minimum absolute atomic E-state index is 0.941. The van der Waals surface area contributed by atoms with Gasteiger partial charge in [0.25, 0.3) is 0 Å². The molecule has 0 aliphatic rings. The van der Waals surface area contributed by atoms with Crippen LogP contribution in [0.4, 0.5) is 5.69 Å². The van der Waals surface area contributed by atoms with Crippen LogP contribution in [-0.2, 0) is 12.8 Å². The van der Waals surface area contributed by atoms with E-state index >= 15 is 0 Å².